The molecule has 41 heavy (non-hydrogen) atoms. The fraction of sp³-hybridized carbons (Fsp3) is 0.444. The van der Waals surface area contributed by atoms with Crippen LogP contribution < -0.4 is 0 Å². The summed E-state index contributed by atoms with van der Waals surface area (Å²) in [6, 6.07) is 12.0. The van der Waals surface area contributed by atoms with Crippen molar-refractivity contribution < 1.29 is 23.9 Å². The van der Waals surface area contributed by atoms with Gasteiger partial charge in [-0.1, -0.05) is 34.5 Å². The fourth-order valence-corrected chi connectivity index (χ4v) is 4.33. The number of carbonyl (C=O) groups excluding carboxylic acids is 3. The van der Waals surface area contributed by atoms with Crippen molar-refractivity contribution in [2.45, 2.75) is 45.3 Å². The van der Waals surface area contributed by atoms with Gasteiger partial charge in [0.05, 0.1) is 19.2 Å². The highest BCUT2D eigenvalue weighted by Gasteiger charge is 2.38. The molecule has 3 rings (SSSR count). The van der Waals surface area contributed by atoms with Crippen LogP contribution >= 0.6 is 0 Å². The van der Waals surface area contributed by atoms with Crippen molar-refractivity contribution in [3.8, 4) is 0 Å². The average molecular weight is 564 g/mol. The zero-order chi connectivity index (χ0) is 30.0. The van der Waals surface area contributed by atoms with Gasteiger partial charge >= 0.3 is 6.09 Å². The summed E-state index contributed by atoms with van der Waals surface area (Å²) in [4.78, 5) is 47.6. The summed E-state index contributed by atoms with van der Waals surface area (Å²) in [6.45, 7) is 6.14. The zero-order valence-corrected chi connectivity index (χ0v) is 23.5. The van der Waals surface area contributed by atoms with Crippen molar-refractivity contribution in [3.05, 3.63) is 80.5 Å². The third kappa shape index (κ3) is 8.36. The molecule has 2 aromatic rings. The van der Waals surface area contributed by atoms with Gasteiger partial charge in [-0.15, -0.1) is 0 Å². The maximum absolute atomic E-state index is 13.7. The zero-order valence-electron chi connectivity index (χ0n) is 23.5. The molecular formula is C27H33N9O5. The SMILES string of the molecule is COCCN(C(=O)c1ccc(N=[N+]=[N-])cc1)N(C(=O)OC(C)(C)C)C1CCN(C(=O)c2ccc(N=[N+]=[N-])cc2)CC1. The predicted molar refractivity (Wildman–Crippen MR) is 150 cm³/mol. The number of nitrogens with zero attached hydrogens (tertiary/aromatic N) is 9. The summed E-state index contributed by atoms with van der Waals surface area (Å²) >= 11 is 0. The minimum Gasteiger partial charge on any atom is -0.442 e. The number of piperidine rings is 1. The van der Waals surface area contributed by atoms with Gasteiger partial charge in [-0.2, -0.15) is 0 Å². The molecule has 1 saturated heterocycles. The molecule has 0 unspecified atom stereocenters. The number of rotatable bonds is 8. The van der Waals surface area contributed by atoms with Crippen LogP contribution in [-0.2, 0) is 9.47 Å². The number of benzene rings is 2. The van der Waals surface area contributed by atoms with Crippen LogP contribution in [0.25, 0.3) is 20.9 Å². The molecule has 0 spiro atoms. The normalized spacial score (nSPS) is 13.4. The van der Waals surface area contributed by atoms with Gasteiger partial charge in [-0.05, 0) is 68.9 Å². The second-order valence-corrected chi connectivity index (χ2v) is 10.2. The third-order valence-electron chi connectivity index (χ3n) is 6.23. The van der Waals surface area contributed by atoms with E-state index in [0.29, 0.717) is 42.9 Å². The molecule has 3 amide bonds. The number of hydrogen-bond donors (Lipinski definition) is 0. The summed E-state index contributed by atoms with van der Waals surface area (Å²) < 4.78 is 10.9. The molecule has 0 radical (unpaired) electrons. The van der Waals surface area contributed by atoms with Gasteiger partial charge in [0.15, 0.2) is 0 Å². The Morgan fingerprint density at radius 2 is 1.44 bits per heavy atom. The molecule has 1 aliphatic rings. The van der Waals surface area contributed by atoms with E-state index in [1.807, 2.05) is 0 Å². The van der Waals surface area contributed by atoms with Crippen LogP contribution in [0.2, 0.25) is 0 Å². The van der Waals surface area contributed by atoms with Crippen molar-refractivity contribution in [3.63, 3.8) is 0 Å². The van der Waals surface area contributed by atoms with E-state index in [-0.39, 0.29) is 24.6 Å². The molecular weight excluding hydrogens is 530 g/mol. The van der Waals surface area contributed by atoms with Crippen LogP contribution in [0.1, 0.15) is 54.3 Å². The van der Waals surface area contributed by atoms with Gasteiger partial charge in [-0.3, -0.25) is 9.59 Å². The number of azide groups is 2. The second kappa shape index (κ2) is 14.0. The first kappa shape index (κ1) is 30.8. The van der Waals surface area contributed by atoms with Gasteiger partial charge in [0, 0.05) is 52.5 Å². The Kier molecular flexibility index (Phi) is 10.5. The highest BCUT2D eigenvalue weighted by atomic mass is 16.6. The molecule has 1 aliphatic heterocycles. The van der Waals surface area contributed by atoms with Crippen LogP contribution in [0.15, 0.2) is 58.8 Å². The maximum atomic E-state index is 13.7. The molecule has 2 aromatic carbocycles. The lowest BCUT2D eigenvalue weighted by molar-refractivity contribution is -0.0713. The number of amides is 3. The van der Waals surface area contributed by atoms with Crippen molar-refractivity contribution in [2.24, 2.45) is 10.2 Å². The van der Waals surface area contributed by atoms with E-state index < -0.39 is 23.6 Å². The van der Waals surface area contributed by atoms with Crippen LogP contribution in [-0.4, -0.2) is 77.8 Å². The number of methoxy groups -OCH3 is 1. The lowest BCUT2D eigenvalue weighted by atomic mass is 10.0. The highest BCUT2D eigenvalue weighted by Crippen LogP contribution is 2.25. The summed E-state index contributed by atoms with van der Waals surface area (Å²) in [5, 5.41) is 9.71. The first-order valence-electron chi connectivity index (χ1n) is 13.0. The van der Waals surface area contributed by atoms with Crippen LogP contribution in [0.5, 0.6) is 0 Å². The first-order chi connectivity index (χ1) is 19.6. The van der Waals surface area contributed by atoms with Crippen LogP contribution in [0.3, 0.4) is 0 Å². The number of hydrazine groups is 1. The summed E-state index contributed by atoms with van der Waals surface area (Å²) in [5.41, 5.74) is 17.9. The van der Waals surface area contributed by atoms with Crippen molar-refractivity contribution in [1.82, 2.24) is 14.9 Å². The average Bonchev–Trinajstić information content (AvgIpc) is 2.95. The lowest BCUT2D eigenvalue weighted by Gasteiger charge is -2.43. The molecule has 0 bridgehead atoms. The quantitative estimate of drug-likeness (QED) is 0.162. The Morgan fingerprint density at radius 1 is 0.927 bits per heavy atom. The maximum Gasteiger partial charge on any atom is 0.429 e. The molecule has 0 atom stereocenters. The van der Waals surface area contributed by atoms with Gasteiger partial charge < -0.3 is 14.4 Å². The third-order valence-corrected chi connectivity index (χ3v) is 6.23. The van der Waals surface area contributed by atoms with Crippen molar-refractivity contribution >= 4 is 29.3 Å². The summed E-state index contributed by atoms with van der Waals surface area (Å²) in [6.07, 6.45) is 0.106. The Morgan fingerprint density at radius 3 is 1.90 bits per heavy atom. The molecule has 1 heterocycles. The van der Waals surface area contributed by atoms with E-state index in [1.165, 1.54) is 41.4 Å². The molecule has 0 aliphatic carbocycles. The molecule has 14 nitrogen and oxygen atoms in total. The van der Waals surface area contributed by atoms with Gasteiger partial charge in [0.2, 0.25) is 0 Å². The molecule has 0 aromatic heterocycles. The Hall–Kier alpha value is -4.77. The first-order valence-corrected chi connectivity index (χ1v) is 13.0. The summed E-state index contributed by atoms with van der Waals surface area (Å²) in [5.74, 6) is -0.647. The van der Waals surface area contributed by atoms with E-state index >= 15 is 0 Å². The Bertz CT molecular complexity index is 1320. The molecule has 216 valence electrons. The van der Waals surface area contributed by atoms with E-state index in [0.717, 1.165) is 0 Å². The molecule has 1 fully saturated rings. The largest absolute Gasteiger partial charge is 0.442 e. The minimum absolute atomic E-state index is 0.0728. The van der Waals surface area contributed by atoms with Gasteiger partial charge in [0.1, 0.15) is 5.60 Å². The molecule has 0 N–H and O–H groups in total. The standard InChI is InChI=1S/C27H33N9O5/c1-27(2,3)41-26(39)36(35(17-18-40-4)25(38)20-7-11-22(12-8-20)31-33-29)23-13-15-34(16-14-23)24(37)19-5-9-21(10-6-19)30-32-28/h5-12,23H,13-18H2,1-4H3. The summed E-state index contributed by atoms with van der Waals surface area (Å²) in [7, 11) is 1.50. The lowest BCUT2D eigenvalue weighted by Crippen LogP contribution is -2.59. The predicted octanol–water partition coefficient (Wildman–Crippen LogP) is 6.12. The number of hydrogen-bond acceptors (Lipinski definition) is 7. The van der Waals surface area contributed by atoms with Gasteiger partial charge in [0.25, 0.3) is 11.8 Å². The fourth-order valence-electron chi connectivity index (χ4n) is 4.33. The Balaban J connectivity index is 1.86. The molecule has 0 saturated carbocycles. The van der Waals surface area contributed by atoms with E-state index in [9.17, 15) is 14.4 Å². The molecule has 14 heteroatoms. The van der Waals surface area contributed by atoms with E-state index in [1.54, 1.807) is 49.9 Å². The van der Waals surface area contributed by atoms with Crippen LogP contribution in [0.4, 0.5) is 16.2 Å². The highest BCUT2D eigenvalue weighted by molar-refractivity contribution is 5.96. The van der Waals surface area contributed by atoms with E-state index in [4.69, 9.17) is 20.5 Å². The number of likely N-dealkylation sites (tertiary alicyclic amines) is 1. The van der Waals surface area contributed by atoms with E-state index in [2.05, 4.69) is 20.1 Å². The second-order valence-electron chi connectivity index (χ2n) is 10.2. The van der Waals surface area contributed by atoms with Gasteiger partial charge in [-0.25, -0.2) is 14.8 Å². The Labute approximate surface area is 237 Å². The smallest absolute Gasteiger partial charge is 0.429 e. The monoisotopic (exact) mass is 563 g/mol. The minimum atomic E-state index is -0.819. The topological polar surface area (TPSA) is 177 Å². The number of ether oxygens (including phenoxy) is 2. The van der Waals surface area contributed by atoms with Crippen molar-refractivity contribution in [2.75, 3.05) is 33.4 Å². The van der Waals surface area contributed by atoms with Crippen molar-refractivity contribution in [1.29, 1.82) is 0 Å². The number of carbonyl (C=O) groups is 3. The van der Waals surface area contributed by atoms with Crippen LogP contribution in [0, 0.1) is 0 Å².